The molecule has 0 unspecified atom stereocenters. The van der Waals surface area contributed by atoms with Gasteiger partial charge in [-0.25, -0.2) is 0 Å². The first kappa shape index (κ1) is 17.2. The molecule has 0 saturated carbocycles. The summed E-state index contributed by atoms with van der Waals surface area (Å²) in [4.78, 5) is 29.7. The number of carbonyl (C=O) groups excluding carboxylic acids is 2. The molecule has 0 spiro atoms. The molecule has 0 aromatic heterocycles. The SMILES string of the molecule is O=C1CCCN1c1ccc(CC(=O)N2CCCSc3ccccc32)cc1. The van der Waals surface area contributed by atoms with Crippen LogP contribution in [-0.2, 0) is 16.0 Å². The van der Waals surface area contributed by atoms with Crippen LogP contribution in [0.15, 0.2) is 53.4 Å². The molecule has 0 radical (unpaired) electrons. The van der Waals surface area contributed by atoms with Crippen LogP contribution in [0.2, 0.25) is 0 Å². The number of fused-ring (bicyclic) bond motifs is 1. The molecule has 2 aromatic carbocycles. The maximum atomic E-state index is 12.9. The van der Waals surface area contributed by atoms with Gasteiger partial charge in [0.25, 0.3) is 0 Å². The number of anilines is 2. The summed E-state index contributed by atoms with van der Waals surface area (Å²) in [5, 5.41) is 0. The monoisotopic (exact) mass is 366 g/mol. The Labute approximate surface area is 158 Å². The van der Waals surface area contributed by atoms with Gasteiger partial charge in [-0.2, -0.15) is 0 Å². The average Bonchev–Trinajstić information content (AvgIpc) is 2.97. The van der Waals surface area contributed by atoms with E-state index in [0.717, 1.165) is 48.6 Å². The number of amides is 2. The Hall–Kier alpha value is -2.27. The molecule has 0 N–H and O–H groups in total. The van der Waals surface area contributed by atoms with E-state index in [-0.39, 0.29) is 11.8 Å². The summed E-state index contributed by atoms with van der Waals surface area (Å²) in [6.45, 7) is 1.56. The first-order valence-electron chi connectivity index (χ1n) is 9.14. The topological polar surface area (TPSA) is 40.6 Å². The molecule has 1 saturated heterocycles. The quantitative estimate of drug-likeness (QED) is 0.828. The van der Waals surface area contributed by atoms with Gasteiger partial charge in [-0.1, -0.05) is 24.3 Å². The predicted octanol–water partition coefficient (Wildman–Crippen LogP) is 3.88. The van der Waals surface area contributed by atoms with Crippen LogP contribution in [0.25, 0.3) is 0 Å². The minimum absolute atomic E-state index is 0.130. The molecule has 0 atom stereocenters. The molecule has 4 rings (SSSR count). The molecule has 4 nitrogen and oxygen atoms in total. The van der Waals surface area contributed by atoms with E-state index in [1.165, 1.54) is 4.90 Å². The van der Waals surface area contributed by atoms with Crippen molar-refractivity contribution in [1.82, 2.24) is 0 Å². The summed E-state index contributed by atoms with van der Waals surface area (Å²) in [7, 11) is 0. The van der Waals surface area contributed by atoms with Gasteiger partial charge in [-0.15, -0.1) is 11.8 Å². The minimum Gasteiger partial charge on any atom is -0.312 e. The van der Waals surface area contributed by atoms with Crippen molar-refractivity contribution in [3.8, 4) is 0 Å². The molecule has 2 heterocycles. The highest BCUT2D eigenvalue weighted by Gasteiger charge is 2.23. The largest absolute Gasteiger partial charge is 0.312 e. The van der Waals surface area contributed by atoms with Crippen molar-refractivity contribution in [2.45, 2.75) is 30.6 Å². The Morgan fingerprint density at radius 2 is 1.81 bits per heavy atom. The highest BCUT2D eigenvalue weighted by Crippen LogP contribution is 2.34. The number of nitrogens with zero attached hydrogens (tertiary/aromatic N) is 2. The lowest BCUT2D eigenvalue weighted by molar-refractivity contribution is -0.118. The Morgan fingerprint density at radius 1 is 1.00 bits per heavy atom. The molecule has 1 fully saturated rings. The highest BCUT2D eigenvalue weighted by molar-refractivity contribution is 7.99. The van der Waals surface area contributed by atoms with Crippen molar-refractivity contribution in [2.75, 3.05) is 28.6 Å². The van der Waals surface area contributed by atoms with E-state index in [4.69, 9.17) is 0 Å². The van der Waals surface area contributed by atoms with E-state index >= 15 is 0 Å². The van der Waals surface area contributed by atoms with Crippen molar-refractivity contribution in [1.29, 1.82) is 0 Å². The zero-order valence-electron chi connectivity index (χ0n) is 14.7. The molecule has 2 aromatic rings. The lowest BCUT2D eigenvalue weighted by atomic mass is 10.1. The third-order valence-electron chi connectivity index (χ3n) is 4.92. The van der Waals surface area contributed by atoms with Crippen molar-refractivity contribution in [3.63, 3.8) is 0 Å². The third-order valence-corrected chi connectivity index (χ3v) is 6.07. The van der Waals surface area contributed by atoms with E-state index in [0.29, 0.717) is 12.8 Å². The summed E-state index contributed by atoms with van der Waals surface area (Å²) in [5.74, 6) is 1.36. The zero-order chi connectivity index (χ0) is 17.9. The van der Waals surface area contributed by atoms with Gasteiger partial charge in [0.05, 0.1) is 12.1 Å². The van der Waals surface area contributed by atoms with E-state index in [1.54, 1.807) is 0 Å². The summed E-state index contributed by atoms with van der Waals surface area (Å²) >= 11 is 1.82. The van der Waals surface area contributed by atoms with Crippen LogP contribution in [0.3, 0.4) is 0 Å². The molecular weight excluding hydrogens is 344 g/mol. The van der Waals surface area contributed by atoms with Crippen LogP contribution >= 0.6 is 11.8 Å². The number of carbonyl (C=O) groups is 2. The zero-order valence-corrected chi connectivity index (χ0v) is 15.5. The van der Waals surface area contributed by atoms with Gasteiger partial charge in [0.1, 0.15) is 0 Å². The second-order valence-corrected chi connectivity index (χ2v) is 7.84. The number of benzene rings is 2. The molecule has 5 heteroatoms. The fourth-order valence-electron chi connectivity index (χ4n) is 3.57. The van der Waals surface area contributed by atoms with Crippen molar-refractivity contribution < 1.29 is 9.59 Å². The van der Waals surface area contributed by atoms with Crippen molar-refractivity contribution in [3.05, 3.63) is 54.1 Å². The van der Waals surface area contributed by atoms with Gasteiger partial charge >= 0.3 is 0 Å². The first-order valence-corrected chi connectivity index (χ1v) is 10.1. The Kier molecular flexibility index (Phi) is 4.98. The van der Waals surface area contributed by atoms with Crippen LogP contribution in [0.5, 0.6) is 0 Å². The number of hydrogen-bond donors (Lipinski definition) is 0. The number of rotatable bonds is 3. The smallest absolute Gasteiger partial charge is 0.231 e. The lowest BCUT2D eigenvalue weighted by Crippen LogP contribution is -2.33. The van der Waals surface area contributed by atoms with Crippen LogP contribution in [-0.4, -0.2) is 30.7 Å². The standard InChI is InChI=1S/C21H22N2O2S/c24-20-7-3-12-22(20)17-10-8-16(9-11-17)15-21(25)23-13-4-14-26-19-6-2-1-5-18(19)23/h1-2,5-6,8-11H,3-4,7,12-15H2. The lowest BCUT2D eigenvalue weighted by Gasteiger charge is -2.23. The second kappa shape index (κ2) is 7.54. The Balaban J connectivity index is 1.49. The van der Waals surface area contributed by atoms with Gasteiger partial charge < -0.3 is 9.80 Å². The maximum Gasteiger partial charge on any atom is 0.231 e. The van der Waals surface area contributed by atoms with Crippen LogP contribution in [0, 0.1) is 0 Å². The van der Waals surface area contributed by atoms with Gasteiger partial charge in [-0.3, -0.25) is 9.59 Å². The normalized spacial score (nSPS) is 17.2. The van der Waals surface area contributed by atoms with E-state index in [9.17, 15) is 9.59 Å². The summed E-state index contributed by atoms with van der Waals surface area (Å²) in [6.07, 6.45) is 2.94. The average molecular weight is 366 g/mol. The van der Waals surface area contributed by atoms with E-state index in [2.05, 4.69) is 6.07 Å². The Bertz CT molecular complexity index is 819. The third kappa shape index (κ3) is 3.49. The van der Waals surface area contributed by atoms with Gasteiger partial charge in [0.2, 0.25) is 11.8 Å². The highest BCUT2D eigenvalue weighted by atomic mass is 32.2. The second-order valence-electron chi connectivity index (χ2n) is 6.71. The fourth-order valence-corrected chi connectivity index (χ4v) is 4.57. The van der Waals surface area contributed by atoms with Crippen molar-refractivity contribution in [2.24, 2.45) is 0 Å². The van der Waals surface area contributed by atoms with E-state index < -0.39 is 0 Å². The van der Waals surface area contributed by atoms with Crippen molar-refractivity contribution >= 4 is 35.0 Å². The first-order chi connectivity index (χ1) is 12.7. The van der Waals surface area contributed by atoms with Crippen LogP contribution < -0.4 is 9.80 Å². The summed E-state index contributed by atoms with van der Waals surface area (Å²) < 4.78 is 0. The van der Waals surface area contributed by atoms with Gasteiger partial charge in [0.15, 0.2) is 0 Å². The van der Waals surface area contributed by atoms with E-state index in [1.807, 2.05) is 64.0 Å². The molecule has 0 aliphatic carbocycles. The Morgan fingerprint density at radius 3 is 2.58 bits per heavy atom. The summed E-state index contributed by atoms with van der Waals surface area (Å²) in [5.41, 5.74) is 2.94. The maximum absolute atomic E-state index is 12.9. The predicted molar refractivity (Wildman–Crippen MR) is 106 cm³/mol. The van der Waals surface area contributed by atoms with Crippen LogP contribution in [0.4, 0.5) is 11.4 Å². The molecule has 134 valence electrons. The minimum atomic E-state index is 0.130. The number of para-hydroxylation sites is 1. The fraction of sp³-hybridized carbons (Fsp3) is 0.333. The number of hydrogen-bond acceptors (Lipinski definition) is 3. The van der Waals surface area contributed by atoms with Crippen LogP contribution in [0.1, 0.15) is 24.8 Å². The van der Waals surface area contributed by atoms with Gasteiger partial charge in [-0.05, 0) is 48.4 Å². The molecule has 0 bridgehead atoms. The molecule has 2 aliphatic rings. The number of thioether (sulfide) groups is 1. The molecule has 2 aliphatic heterocycles. The van der Waals surface area contributed by atoms with Gasteiger partial charge in [0, 0.05) is 30.1 Å². The molecule has 26 heavy (non-hydrogen) atoms. The summed E-state index contributed by atoms with van der Waals surface area (Å²) in [6, 6.07) is 16.0. The molecular formula is C21H22N2O2S. The molecule has 2 amide bonds.